The van der Waals surface area contributed by atoms with E-state index in [0.717, 1.165) is 0 Å². The van der Waals surface area contributed by atoms with Crippen molar-refractivity contribution in [1.29, 1.82) is 0 Å². The monoisotopic (exact) mass is 712 g/mol. The zero-order valence-corrected chi connectivity index (χ0v) is 29.0. The Hall–Kier alpha value is -5.38. The van der Waals surface area contributed by atoms with Gasteiger partial charge in [-0.3, -0.25) is 10.1 Å². The van der Waals surface area contributed by atoms with E-state index in [4.69, 9.17) is 44.0 Å². The molecule has 22 heteroatoms. The van der Waals surface area contributed by atoms with E-state index in [0.29, 0.717) is 39.4 Å². The van der Waals surface area contributed by atoms with Gasteiger partial charge in [-0.05, 0) is 20.8 Å². The average Bonchev–Trinajstić information content (AvgIpc) is 3.09. The summed E-state index contributed by atoms with van der Waals surface area (Å²) in [4.78, 5) is 52.7. The molecule has 0 spiro atoms. The van der Waals surface area contributed by atoms with Crippen molar-refractivity contribution in [2.24, 2.45) is 0 Å². The van der Waals surface area contributed by atoms with Crippen molar-refractivity contribution in [2.75, 3.05) is 97.3 Å². The largest absolute Gasteiger partial charge is 0.479 e. The molecule has 2 fully saturated rings. The second-order valence-electron chi connectivity index (χ2n) is 11.6. The number of hydrogen-bond donors (Lipinski definition) is 4. The molecular formula is C28H44N10O12. The second kappa shape index (κ2) is 17.9. The first-order valence-electron chi connectivity index (χ1n) is 15.3. The number of nitrogen functional groups attached to an aromatic ring is 1. The number of aromatic nitrogens is 4. The van der Waals surface area contributed by atoms with Crippen LogP contribution in [0.2, 0.25) is 0 Å². The minimum atomic E-state index is -0.958. The summed E-state index contributed by atoms with van der Waals surface area (Å²) in [7, 11) is 5.41. The molecule has 2 aromatic heterocycles. The number of amides is 2. The average molecular weight is 713 g/mol. The Morgan fingerprint density at radius 1 is 0.860 bits per heavy atom. The van der Waals surface area contributed by atoms with Gasteiger partial charge in [-0.15, -0.1) is 0 Å². The van der Waals surface area contributed by atoms with E-state index in [9.17, 15) is 19.7 Å². The number of nitrogens with one attached hydrogen (secondary N) is 2. The summed E-state index contributed by atoms with van der Waals surface area (Å²) >= 11 is 0. The molecule has 50 heavy (non-hydrogen) atoms. The number of carboxylic acid groups (broad SMARTS) is 1. The third kappa shape index (κ3) is 11.1. The van der Waals surface area contributed by atoms with Gasteiger partial charge in [0.1, 0.15) is 5.60 Å². The number of nitrogens with two attached hydrogens (primary N) is 1. The second-order valence-corrected chi connectivity index (χ2v) is 11.6. The quantitative estimate of drug-likeness (QED) is 0.189. The summed E-state index contributed by atoms with van der Waals surface area (Å²) in [5.41, 5.74) is 4.94. The summed E-state index contributed by atoms with van der Waals surface area (Å²) in [5, 5.41) is 26.0. The number of hydrogen-bond acceptors (Lipinski definition) is 18. The summed E-state index contributed by atoms with van der Waals surface area (Å²) in [6, 6.07) is 0. The number of ether oxygens (including phenoxy) is 7. The summed E-state index contributed by atoms with van der Waals surface area (Å²) < 4.78 is 36.6. The number of nitro groups is 1. The van der Waals surface area contributed by atoms with E-state index in [2.05, 4.69) is 30.6 Å². The molecule has 2 atom stereocenters. The molecule has 0 radical (unpaired) electrons. The van der Waals surface area contributed by atoms with Crippen molar-refractivity contribution in [1.82, 2.24) is 29.7 Å². The lowest BCUT2D eigenvalue weighted by molar-refractivity contribution is -0.387. The zero-order chi connectivity index (χ0) is 37.0. The molecule has 2 saturated heterocycles. The Morgan fingerprint density at radius 2 is 1.28 bits per heavy atom. The molecule has 0 saturated carbocycles. The molecule has 2 aliphatic heterocycles. The van der Waals surface area contributed by atoms with Gasteiger partial charge in [-0.25, -0.2) is 9.59 Å². The van der Waals surface area contributed by atoms with Crippen molar-refractivity contribution in [2.45, 2.75) is 38.6 Å². The Labute approximate surface area is 287 Å². The Kier molecular flexibility index (Phi) is 13.9. The molecule has 22 nitrogen and oxygen atoms in total. The number of carbonyl (C=O) groups excluding carboxylic acids is 1. The highest BCUT2D eigenvalue weighted by molar-refractivity contribution is 5.68. The van der Waals surface area contributed by atoms with Crippen LogP contribution in [0.25, 0.3) is 0 Å². The summed E-state index contributed by atoms with van der Waals surface area (Å²) in [6.07, 6.45) is -1.99. The highest BCUT2D eigenvalue weighted by Gasteiger charge is 2.30. The molecule has 2 aliphatic rings. The lowest BCUT2D eigenvalue weighted by Gasteiger charge is -2.34. The van der Waals surface area contributed by atoms with Gasteiger partial charge in [0.05, 0.1) is 71.9 Å². The van der Waals surface area contributed by atoms with Crippen LogP contribution >= 0.6 is 0 Å². The smallest absolute Gasteiger partial charge is 0.410 e. The molecule has 5 N–H and O–H groups in total. The van der Waals surface area contributed by atoms with Gasteiger partial charge >= 0.3 is 29.6 Å². The first-order valence-corrected chi connectivity index (χ1v) is 15.3. The van der Waals surface area contributed by atoms with E-state index in [-0.39, 0.29) is 66.4 Å². The number of carbonyl (C=O) groups is 2. The van der Waals surface area contributed by atoms with Crippen LogP contribution < -0.4 is 35.3 Å². The fourth-order valence-corrected chi connectivity index (χ4v) is 4.52. The maximum absolute atomic E-state index is 12.2. The summed E-state index contributed by atoms with van der Waals surface area (Å²) in [6.45, 7) is 8.14. The van der Waals surface area contributed by atoms with Crippen LogP contribution in [-0.2, 0) is 14.2 Å². The van der Waals surface area contributed by atoms with Crippen molar-refractivity contribution in [3.63, 3.8) is 0 Å². The predicted molar refractivity (Wildman–Crippen MR) is 175 cm³/mol. The van der Waals surface area contributed by atoms with Crippen molar-refractivity contribution in [3.8, 4) is 23.5 Å². The molecule has 2 amide bonds. The third-order valence-electron chi connectivity index (χ3n) is 6.83. The fraction of sp³-hybridized carbons (Fsp3) is 0.643. The minimum Gasteiger partial charge on any atom is -0.479 e. The maximum atomic E-state index is 12.2. The molecule has 0 aliphatic carbocycles. The topological polar surface area (TPSA) is 270 Å². The van der Waals surface area contributed by atoms with E-state index in [1.165, 1.54) is 33.3 Å². The Bertz CT molecular complexity index is 1430. The lowest BCUT2D eigenvalue weighted by Crippen LogP contribution is -2.49. The van der Waals surface area contributed by atoms with E-state index < -0.39 is 28.4 Å². The first kappa shape index (κ1) is 39.1. The SMILES string of the molecule is COc1nc(NCC2CN(C(=O)O)CCO2)nc(OC)c1N.COc1nc(NCC2CN(C(=O)OC(C)(C)C)CCO2)nc(OC)c1[N+](=O)[O-]. The summed E-state index contributed by atoms with van der Waals surface area (Å²) in [5.74, 6) is 0.298. The highest BCUT2D eigenvalue weighted by atomic mass is 16.6. The number of morpholine rings is 2. The van der Waals surface area contributed by atoms with E-state index in [1.54, 1.807) is 25.7 Å². The van der Waals surface area contributed by atoms with Crippen LogP contribution in [0, 0.1) is 10.1 Å². The van der Waals surface area contributed by atoms with Crippen molar-refractivity contribution in [3.05, 3.63) is 10.1 Å². The fourth-order valence-electron chi connectivity index (χ4n) is 4.52. The Morgan fingerprint density at radius 3 is 1.68 bits per heavy atom. The van der Waals surface area contributed by atoms with E-state index >= 15 is 0 Å². The van der Waals surface area contributed by atoms with Gasteiger partial charge in [0.2, 0.25) is 23.7 Å². The van der Waals surface area contributed by atoms with Gasteiger partial charge in [-0.2, -0.15) is 19.9 Å². The predicted octanol–water partition coefficient (Wildman–Crippen LogP) is 1.32. The molecular weight excluding hydrogens is 668 g/mol. The standard InChI is InChI=1S/C16H25N5O7.C12H19N5O5/c1-16(2,3)28-15(22)20-6-7-27-10(9-20)8-17-14-18-12(25-4)11(21(23)24)13(19-14)26-5;1-20-9-8(13)10(21-2)16-11(15-9)14-5-7-6-17(12(18)19)3-4-22-7/h10H,6-9H2,1-5H3,(H,17,18,19);7H,3-6,13H2,1-2H3,(H,18,19)(H,14,15,16). The first-order chi connectivity index (χ1) is 23.7. The zero-order valence-electron chi connectivity index (χ0n) is 29.0. The van der Waals surface area contributed by atoms with Crippen molar-refractivity contribution < 1.29 is 52.8 Å². The molecule has 0 aromatic carbocycles. The van der Waals surface area contributed by atoms with Gasteiger partial charge in [0, 0.05) is 26.2 Å². The van der Waals surface area contributed by atoms with Crippen LogP contribution in [0.3, 0.4) is 0 Å². The van der Waals surface area contributed by atoms with Crippen LogP contribution in [0.15, 0.2) is 0 Å². The highest BCUT2D eigenvalue weighted by Crippen LogP contribution is 2.34. The van der Waals surface area contributed by atoms with Gasteiger partial charge in [0.25, 0.3) is 0 Å². The molecule has 4 rings (SSSR count). The van der Waals surface area contributed by atoms with Gasteiger partial charge < -0.3 is 64.4 Å². The molecule has 0 bridgehead atoms. The molecule has 278 valence electrons. The molecule has 4 heterocycles. The van der Waals surface area contributed by atoms with Crippen LogP contribution in [0.5, 0.6) is 23.5 Å². The number of nitrogens with zero attached hydrogens (tertiary/aromatic N) is 7. The van der Waals surface area contributed by atoms with Gasteiger partial charge in [0.15, 0.2) is 5.69 Å². The lowest BCUT2D eigenvalue weighted by atomic mass is 10.2. The third-order valence-corrected chi connectivity index (χ3v) is 6.83. The maximum Gasteiger partial charge on any atom is 0.410 e. The Balaban J connectivity index is 0.000000278. The van der Waals surface area contributed by atoms with Crippen LogP contribution in [0.1, 0.15) is 20.8 Å². The van der Waals surface area contributed by atoms with Crippen LogP contribution in [0.4, 0.5) is 32.9 Å². The molecule has 2 unspecified atom stereocenters. The van der Waals surface area contributed by atoms with Crippen molar-refractivity contribution >= 4 is 35.5 Å². The van der Waals surface area contributed by atoms with Gasteiger partial charge in [-0.1, -0.05) is 0 Å². The number of rotatable bonds is 11. The minimum absolute atomic E-state index is 0.0808. The van der Waals surface area contributed by atoms with E-state index in [1.807, 2.05) is 0 Å². The molecule has 2 aromatic rings. The van der Waals surface area contributed by atoms with Crippen LogP contribution in [-0.4, -0.2) is 151 Å². The normalized spacial score (nSPS) is 17.4. The number of methoxy groups -OCH3 is 4. The number of anilines is 3.